The van der Waals surface area contributed by atoms with Gasteiger partial charge in [-0.2, -0.15) is 0 Å². The molecule has 0 radical (unpaired) electrons. The zero-order valence-electron chi connectivity index (χ0n) is 29.9. The van der Waals surface area contributed by atoms with Gasteiger partial charge in [-0.3, -0.25) is 9.97 Å². The standard InChI is InChI=1S/C52H33N3/c1-2-14-42(15-3-1)55-49-19-7-6-17-45(49)47-32-40(25-27-50(47)55)35-22-20-34(21-23-35)36-10-8-11-37(30-36)38-12-9-13-39(31-38)41-24-26-44-43-16-4-5-18-46(43)51-52(48(44)33-41)54-29-28-53-51/h1-33H. The van der Waals surface area contributed by atoms with Gasteiger partial charge in [-0.15, -0.1) is 0 Å². The molecule has 3 nitrogen and oxygen atoms in total. The molecule has 0 saturated carbocycles. The first-order chi connectivity index (χ1) is 27.3. The monoisotopic (exact) mass is 699 g/mol. The molecule has 2 aromatic heterocycles. The highest BCUT2D eigenvalue weighted by atomic mass is 15.0. The number of fused-ring (bicyclic) bond motifs is 9. The van der Waals surface area contributed by atoms with E-state index in [1.165, 1.54) is 77.2 Å². The quantitative estimate of drug-likeness (QED) is 0.167. The van der Waals surface area contributed by atoms with Crippen LogP contribution in [0.2, 0.25) is 0 Å². The van der Waals surface area contributed by atoms with E-state index in [2.05, 4.69) is 193 Å². The molecule has 0 amide bonds. The highest BCUT2D eigenvalue weighted by Gasteiger charge is 2.14. The molecule has 0 fully saturated rings. The molecule has 2 heterocycles. The lowest BCUT2D eigenvalue weighted by Gasteiger charge is -2.12. The Kier molecular flexibility index (Phi) is 7.17. The van der Waals surface area contributed by atoms with Crippen molar-refractivity contribution in [2.24, 2.45) is 0 Å². The number of nitrogens with zero attached hydrogens (tertiary/aromatic N) is 3. The van der Waals surface area contributed by atoms with Crippen LogP contribution >= 0.6 is 0 Å². The highest BCUT2D eigenvalue weighted by Crippen LogP contribution is 2.38. The Hall–Kier alpha value is -7.36. The third-order valence-corrected chi connectivity index (χ3v) is 11.1. The van der Waals surface area contributed by atoms with E-state index < -0.39 is 0 Å². The molecule has 0 N–H and O–H groups in total. The summed E-state index contributed by atoms with van der Waals surface area (Å²) in [6.07, 6.45) is 3.57. The largest absolute Gasteiger partial charge is 0.309 e. The Bertz CT molecular complexity index is 3210. The van der Waals surface area contributed by atoms with Gasteiger partial charge in [0.1, 0.15) is 0 Å². The second-order valence-electron chi connectivity index (χ2n) is 14.2. The average Bonchev–Trinajstić information content (AvgIpc) is 3.60. The first-order valence-electron chi connectivity index (χ1n) is 18.7. The molecule has 3 heteroatoms. The molecular formula is C52H33N3. The molecule has 11 aromatic rings. The smallest absolute Gasteiger partial charge is 0.0971 e. The van der Waals surface area contributed by atoms with E-state index in [4.69, 9.17) is 9.97 Å². The second-order valence-corrected chi connectivity index (χ2v) is 14.2. The average molecular weight is 700 g/mol. The molecule has 0 spiro atoms. The number of hydrogen-bond acceptors (Lipinski definition) is 2. The van der Waals surface area contributed by atoms with Crippen molar-refractivity contribution < 1.29 is 0 Å². The predicted octanol–water partition coefficient (Wildman–Crippen LogP) is 13.7. The van der Waals surface area contributed by atoms with Crippen LogP contribution in [0.1, 0.15) is 0 Å². The van der Waals surface area contributed by atoms with Crippen LogP contribution in [0.25, 0.3) is 105 Å². The zero-order chi connectivity index (χ0) is 36.3. The lowest BCUT2D eigenvalue weighted by atomic mass is 9.93. The van der Waals surface area contributed by atoms with E-state index in [0.29, 0.717) is 0 Å². The molecule has 11 rings (SSSR count). The number of para-hydroxylation sites is 2. The van der Waals surface area contributed by atoms with Crippen molar-refractivity contribution in [1.29, 1.82) is 0 Å². The van der Waals surface area contributed by atoms with Crippen LogP contribution in [0.4, 0.5) is 0 Å². The SMILES string of the molecule is c1ccc(-n2c3ccccc3c3cc(-c4ccc(-c5cccc(-c6cccc(-c7ccc8c9ccccc9c9nccnc9c8c7)c6)c5)cc4)ccc32)cc1. The summed E-state index contributed by atoms with van der Waals surface area (Å²) in [6, 6.07) is 68.1. The summed E-state index contributed by atoms with van der Waals surface area (Å²) in [7, 11) is 0. The van der Waals surface area contributed by atoms with Gasteiger partial charge in [0.15, 0.2) is 0 Å². The molecule has 0 aliphatic carbocycles. The van der Waals surface area contributed by atoms with Crippen molar-refractivity contribution in [3.63, 3.8) is 0 Å². The van der Waals surface area contributed by atoms with Crippen LogP contribution in [0.5, 0.6) is 0 Å². The van der Waals surface area contributed by atoms with E-state index in [1.54, 1.807) is 12.4 Å². The van der Waals surface area contributed by atoms with Gasteiger partial charge in [0.25, 0.3) is 0 Å². The molecule has 256 valence electrons. The lowest BCUT2D eigenvalue weighted by Crippen LogP contribution is -1.92. The summed E-state index contributed by atoms with van der Waals surface area (Å²) < 4.78 is 2.36. The van der Waals surface area contributed by atoms with E-state index in [0.717, 1.165) is 27.4 Å². The second kappa shape index (κ2) is 12.6. The molecule has 0 atom stereocenters. The summed E-state index contributed by atoms with van der Waals surface area (Å²) in [6.45, 7) is 0. The van der Waals surface area contributed by atoms with Crippen molar-refractivity contribution in [3.05, 3.63) is 200 Å². The third-order valence-electron chi connectivity index (χ3n) is 11.1. The van der Waals surface area contributed by atoms with Crippen molar-refractivity contribution in [3.8, 4) is 50.2 Å². The van der Waals surface area contributed by atoms with E-state index in [-0.39, 0.29) is 0 Å². The molecule has 0 unspecified atom stereocenters. The van der Waals surface area contributed by atoms with Gasteiger partial charge in [-0.05, 0) is 104 Å². The Labute approximate surface area is 318 Å². The number of aromatic nitrogens is 3. The van der Waals surface area contributed by atoms with Gasteiger partial charge in [-0.25, -0.2) is 0 Å². The fourth-order valence-electron chi connectivity index (χ4n) is 8.43. The molecule has 0 saturated heterocycles. The van der Waals surface area contributed by atoms with E-state index >= 15 is 0 Å². The molecular weight excluding hydrogens is 667 g/mol. The molecule has 9 aromatic carbocycles. The van der Waals surface area contributed by atoms with Crippen molar-refractivity contribution >= 4 is 54.4 Å². The first-order valence-corrected chi connectivity index (χ1v) is 18.7. The van der Waals surface area contributed by atoms with Gasteiger partial charge in [-0.1, -0.05) is 140 Å². The maximum absolute atomic E-state index is 4.79. The van der Waals surface area contributed by atoms with Crippen LogP contribution in [0.15, 0.2) is 200 Å². The molecule has 0 bridgehead atoms. The summed E-state index contributed by atoms with van der Waals surface area (Å²) in [4.78, 5) is 9.53. The van der Waals surface area contributed by atoms with Gasteiger partial charge < -0.3 is 4.57 Å². The van der Waals surface area contributed by atoms with Gasteiger partial charge in [0.05, 0.1) is 22.1 Å². The fourth-order valence-corrected chi connectivity index (χ4v) is 8.43. The van der Waals surface area contributed by atoms with Gasteiger partial charge in [0, 0.05) is 39.6 Å². The molecule has 55 heavy (non-hydrogen) atoms. The molecule has 0 aliphatic heterocycles. The normalized spacial score (nSPS) is 11.6. The first kappa shape index (κ1) is 31.2. The topological polar surface area (TPSA) is 30.7 Å². The maximum atomic E-state index is 4.79. The van der Waals surface area contributed by atoms with Gasteiger partial charge >= 0.3 is 0 Å². The highest BCUT2D eigenvalue weighted by molar-refractivity contribution is 6.23. The van der Waals surface area contributed by atoms with Crippen molar-refractivity contribution in [2.45, 2.75) is 0 Å². The van der Waals surface area contributed by atoms with Crippen molar-refractivity contribution in [2.75, 3.05) is 0 Å². The summed E-state index contributed by atoms with van der Waals surface area (Å²) in [5, 5.41) is 7.16. The van der Waals surface area contributed by atoms with Crippen LogP contribution < -0.4 is 0 Å². The predicted molar refractivity (Wildman–Crippen MR) is 231 cm³/mol. The third kappa shape index (κ3) is 5.20. The molecule has 0 aliphatic rings. The van der Waals surface area contributed by atoms with E-state index in [1.807, 2.05) is 0 Å². The summed E-state index contributed by atoms with van der Waals surface area (Å²) in [5.41, 5.74) is 15.0. The minimum Gasteiger partial charge on any atom is -0.309 e. The number of hydrogen-bond donors (Lipinski definition) is 0. The summed E-state index contributed by atoms with van der Waals surface area (Å²) >= 11 is 0. The Morgan fingerprint density at radius 3 is 1.42 bits per heavy atom. The van der Waals surface area contributed by atoms with Crippen LogP contribution in [-0.2, 0) is 0 Å². The van der Waals surface area contributed by atoms with Crippen molar-refractivity contribution in [1.82, 2.24) is 14.5 Å². The number of rotatable bonds is 5. The Balaban J connectivity index is 0.921. The van der Waals surface area contributed by atoms with Crippen LogP contribution in [0, 0.1) is 0 Å². The van der Waals surface area contributed by atoms with E-state index in [9.17, 15) is 0 Å². The fraction of sp³-hybridized carbons (Fsp3) is 0. The lowest BCUT2D eigenvalue weighted by molar-refractivity contribution is 1.18. The minimum atomic E-state index is 0.934. The van der Waals surface area contributed by atoms with Crippen LogP contribution in [0.3, 0.4) is 0 Å². The zero-order valence-corrected chi connectivity index (χ0v) is 29.9. The maximum Gasteiger partial charge on any atom is 0.0971 e. The number of benzene rings is 9. The Morgan fingerprint density at radius 1 is 0.273 bits per heavy atom. The minimum absolute atomic E-state index is 0.934. The Morgan fingerprint density at radius 2 is 0.727 bits per heavy atom. The summed E-state index contributed by atoms with van der Waals surface area (Å²) in [5.74, 6) is 0. The van der Waals surface area contributed by atoms with Gasteiger partial charge in [0.2, 0.25) is 0 Å². The van der Waals surface area contributed by atoms with Crippen LogP contribution in [-0.4, -0.2) is 14.5 Å².